The zero-order chi connectivity index (χ0) is 18.2. The second-order valence-electron chi connectivity index (χ2n) is 5.80. The second-order valence-corrected chi connectivity index (χ2v) is 5.80. The molecule has 2 rings (SSSR count). The van der Waals surface area contributed by atoms with Gasteiger partial charge < -0.3 is 10.1 Å². The third-order valence-electron chi connectivity index (χ3n) is 3.81. The number of aryl methyl sites for hydroxylation is 2. The second kappa shape index (κ2) is 8.78. The first-order valence-electron chi connectivity index (χ1n) is 8.06. The number of anilines is 1. The molecule has 5 nitrogen and oxygen atoms in total. The number of benzene rings is 2. The first-order valence-corrected chi connectivity index (χ1v) is 8.06. The lowest BCUT2D eigenvalue weighted by Crippen LogP contribution is -2.17. The minimum absolute atomic E-state index is 0.00524. The number of rotatable bonds is 7. The molecule has 5 heteroatoms. The standard InChI is InChI=1S/C20H21NO4/c1-14-8-9-17(12-15(14)2)21-19(23)10-11-20(24)25-13-18(22)16-6-4-3-5-7-16/h3-9,12H,10-11,13H2,1-2H3,(H,21,23). The van der Waals surface area contributed by atoms with Gasteiger partial charge in [0.15, 0.2) is 12.4 Å². The predicted octanol–water partition coefficient (Wildman–Crippen LogP) is 3.45. The monoisotopic (exact) mass is 339 g/mol. The van der Waals surface area contributed by atoms with E-state index in [9.17, 15) is 14.4 Å². The van der Waals surface area contributed by atoms with E-state index in [0.29, 0.717) is 11.3 Å². The third kappa shape index (κ3) is 5.88. The summed E-state index contributed by atoms with van der Waals surface area (Å²) in [5, 5.41) is 2.74. The van der Waals surface area contributed by atoms with Crippen molar-refractivity contribution in [1.82, 2.24) is 0 Å². The summed E-state index contributed by atoms with van der Waals surface area (Å²) in [5.41, 5.74) is 3.41. The molecule has 0 bridgehead atoms. The van der Waals surface area contributed by atoms with Crippen molar-refractivity contribution in [3.8, 4) is 0 Å². The molecule has 0 aliphatic heterocycles. The molecule has 0 saturated carbocycles. The van der Waals surface area contributed by atoms with Crippen LogP contribution in [0.4, 0.5) is 5.69 Å². The zero-order valence-corrected chi connectivity index (χ0v) is 14.4. The Morgan fingerprint density at radius 2 is 1.64 bits per heavy atom. The highest BCUT2D eigenvalue weighted by atomic mass is 16.5. The summed E-state index contributed by atoms with van der Waals surface area (Å²) in [6, 6.07) is 14.2. The average molecular weight is 339 g/mol. The topological polar surface area (TPSA) is 72.5 Å². The highest BCUT2D eigenvalue weighted by molar-refractivity contribution is 5.98. The first kappa shape index (κ1) is 18.4. The fourth-order valence-electron chi connectivity index (χ4n) is 2.18. The summed E-state index contributed by atoms with van der Waals surface area (Å²) in [4.78, 5) is 35.4. The van der Waals surface area contributed by atoms with Gasteiger partial charge >= 0.3 is 5.97 Å². The Labute approximate surface area is 147 Å². The van der Waals surface area contributed by atoms with E-state index in [1.54, 1.807) is 30.3 Å². The number of nitrogens with one attached hydrogen (secondary N) is 1. The first-order chi connectivity index (χ1) is 12.0. The lowest BCUT2D eigenvalue weighted by Gasteiger charge is -2.08. The maximum absolute atomic E-state index is 11.9. The molecule has 25 heavy (non-hydrogen) atoms. The molecule has 0 aromatic heterocycles. The summed E-state index contributed by atoms with van der Waals surface area (Å²) in [7, 11) is 0. The van der Waals surface area contributed by atoms with Crippen molar-refractivity contribution < 1.29 is 19.1 Å². The summed E-state index contributed by atoms with van der Waals surface area (Å²) < 4.78 is 4.93. The van der Waals surface area contributed by atoms with Crippen LogP contribution in [0.15, 0.2) is 48.5 Å². The fraction of sp³-hybridized carbons (Fsp3) is 0.250. The molecule has 0 fully saturated rings. The van der Waals surface area contributed by atoms with Crippen LogP contribution in [0.5, 0.6) is 0 Å². The van der Waals surface area contributed by atoms with Gasteiger partial charge in [-0.25, -0.2) is 0 Å². The van der Waals surface area contributed by atoms with Gasteiger partial charge in [-0.1, -0.05) is 36.4 Å². The normalized spacial score (nSPS) is 10.2. The Morgan fingerprint density at radius 3 is 2.32 bits per heavy atom. The van der Waals surface area contributed by atoms with Crippen LogP contribution in [-0.2, 0) is 14.3 Å². The molecule has 0 aliphatic carbocycles. The lowest BCUT2D eigenvalue weighted by atomic mass is 10.1. The van der Waals surface area contributed by atoms with Crippen LogP contribution < -0.4 is 5.32 Å². The maximum Gasteiger partial charge on any atom is 0.306 e. The van der Waals surface area contributed by atoms with Crippen molar-refractivity contribution in [3.63, 3.8) is 0 Å². The van der Waals surface area contributed by atoms with Crippen LogP contribution in [0.2, 0.25) is 0 Å². The number of ether oxygens (including phenoxy) is 1. The van der Waals surface area contributed by atoms with E-state index in [1.165, 1.54) is 0 Å². The Morgan fingerprint density at radius 1 is 0.920 bits per heavy atom. The number of esters is 1. The van der Waals surface area contributed by atoms with Crippen LogP contribution in [0.1, 0.15) is 34.3 Å². The lowest BCUT2D eigenvalue weighted by molar-refractivity contribution is -0.143. The van der Waals surface area contributed by atoms with E-state index in [4.69, 9.17) is 4.74 Å². The Balaban J connectivity index is 1.73. The molecule has 0 atom stereocenters. The Hall–Kier alpha value is -2.95. The number of ketones is 1. The summed E-state index contributed by atoms with van der Waals surface area (Å²) in [5.74, 6) is -1.11. The Kier molecular flexibility index (Phi) is 6.46. The summed E-state index contributed by atoms with van der Waals surface area (Å²) in [6.45, 7) is 3.64. The van der Waals surface area contributed by atoms with E-state index in [2.05, 4.69) is 5.32 Å². The molecular weight excluding hydrogens is 318 g/mol. The highest BCUT2D eigenvalue weighted by Gasteiger charge is 2.12. The molecule has 0 saturated heterocycles. The van der Waals surface area contributed by atoms with E-state index in [-0.39, 0.29) is 31.1 Å². The largest absolute Gasteiger partial charge is 0.457 e. The van der Waals surface area contributed by atoms with Crippen LogP contribution in [0.3, 0.4) is 0 Å². The minimum atomic E-state index is -0.570. The molecule has 0 spiro atoms. The molecule has 2 aromatic carbocycles. The van der Waals surface area contributed by atoms with Gasteiger partial charge in [-0.2, -0.15) is 0 Å². The van der Waals surface area contributed by atoms with Crippen LogP contribution in [0, 0.1) is 13.8 Å². The number of amides is 1. The van der Waals surface area contributed by atoms with Crippen LogP contribution in [0.25, 0.3) is 0 Å². The number of hydrogen-bond acceptors (Lipinski definition) is 4. The number of carbonyl (C=O) groups is 3. The third-order valence-corrected chi connectivity index (χ3v) is 3.81. The van der Waals surface area contributed by atoms with Gasteiger partial charge in [0.2, 0.25) is 5.91 Å². The van der Waals surface area contributed by atoms with Gasteiger partial charge in [-0.15, -0.1) is 0 Å². The zero-order valence-electron chi connectivity index (χ0n) is 14.4. The Bertz CT molecular complexity index is 769. The average Bonchev–Trinajstić information content (AvgIpc) is 2.61. The minimum Gasteiger partial charge on any atom is -0.457 e. The van der Waals surface area contributed by atoms with Crippen LogP contribution in [-0.4, -0.2) is 24.3 Å². The van der Waals surface area contributed by atoms with Gasteiger partial charge in [0.25, 0.3) is 0 Å². The number of hydrogen-bond donors (Lipinski definition) is 1. The van der Waals surface area contributed by atoms with Crippen molar-refractivity contribution in [2.45, 2.75) is 26.7 Å². The molecule has 2 aromatic rings. The van der Waals surface area contributed by atoms with Gasteiger partial charge in [-0.3, -0.25) is 14.4 Å². The van der Waals surface area contributed by atoms with Crippen LogP contribution >= 0.6 is 0 Å². The van der Waals surface area contributed by atoms with Gasteiger partial charge in [-0.05, 0) is 37.1 Å². The van der Waals surface area contributed by atoms with Crippen molar-refractivity contribution in [2.24, 2.45) is 0 Å². The summed E-state index contributed by atoms with van der Waals surface area (Å²) >= 11 is 0. The molecule has 0 heterocycles. The van der Waals surface area contributed by atoms with Gasteiger partial charge in [0, 0.05) is 17.7 Å². The molecular formula is C20H21NO4. The van der Waals surface area contributed by atoms with Crippen molar-refractivity contribution in [2.75, 3.05) is 11.9 Å². The molecule has 1 N–H and O–H groups in total. The molecule has 0 unspecified atom stereocenters. The van der Waals surface area contributed by atoms with E-state index in [0.717, 1.165) is 11.1 Å². The van der Waals surface area contributed by atoms with E-state index >= 15 is 0 Å². The van der Waals surface area contributed by atoms with Crippen molar-refractivity contribution in [3.05, 3.63) is 65.2 Å². The molecule has 130 valence electrons. The van der Waals surface area contributed by atoms with Crippen molar-refractivity contribution in [1.29, 1.82) is 0 Å². The quantitative estimate of drug-likeness (QED) is 0.619. The van der Waals surface area contributed by atoms with Gasteiger partial charge in [0.1, 0.15) is 0 Å². The molecule has 0 aliphatic rings. The maximum atomic E-state index is 11.9. The smallest absolute Gasteiger partial charge is 0.306 e. The van der Waals surface area contributed by atoms with E-state index < -0.39 is 5.97 Å². The highest BCUT2D eigenvalue weighted by Crippen LogP contribution is 2.14. The molecule has 0 radical (unpaired) electrons. The SMILES string of the molecule is Cc1ccc(NC(=O)CCC(=O)OCC(=O)c2ccccc2)cc1C. The van der Waals surface area contributed by atoms with Crippen molar-refractivity contribution >= 4 is 23.3 Å². The molecule has 1 amide bonds. The fourth-order valence-corrected chi connectivity index (χ4v) is 2.18. The number of Topliss-reactive ketones (excluding diaryl/α,β-unsaturated/α-hetero) is 1. The number of carbonyl (C=O) groups excluding carboxylic acids is 3. The van der Waals surface area contributed by atoms with Gasteiger partial charge in [0.05, 0.1) is 6.42 Å². The predicted molar refractivity (Wildman–Crippen MR) is 95.5 cm³/mol. The summed E-state index contributed by atoms with van der Waals surface area (Å²) in [6.07, 6.45) is -0.0654. The van der Waals surface area contributed by atoms with E-state index in [1.807, 2.05) is 32.0 Å².